The highest BCUT2D eigenvalue weighted by Crippen LogP contribution is 2.83. The van der Waals surface area contributed by atoms with Crippen LogP contribution in [-0.2, 0) is 19.1 Å². The number of rotatable bonds is 0. The van der Waals surface area contributed by atoms with Crippen LogP contribution in [0.2, 0.25) is 0 Å². The molecule has 6 heteroatoms. The van der Waals surface area contributed by atoms with E-state index in [2.05, 4.69) is 19.9 Å². The van der Waals surface area contributed by atoms with Crippen molar-refractivity contribution in [3.63, 3.8) is 0 Å². The molecule has 6 unspecified atom stereocenters. The molecule has 2 N–H and O–H groups in total. The topological polar surface area (TPSA) is 106 Å². The average molecular weight is 408 g/mol. The maximum Gasteiger partial charge on any atom is 0.306 e. The number of nitrogens with two attached hydrogens (primary N) is 1. The van der Waals surface area contributed by atoms with Crippen LogP contribution < -0.4 is 5.73 Å². The molecule has 2 aliphatic heterocycles. The summed E-state index contributed by atoms with van der Waals surface area (Å²) in [4.78, 5) is 25.1. The number of carbonyl (C=O) groups excluding carboxylic acids is 2. The molecular weight excluding hydrogens is 380 g/mol. The standard InChI is InChI=1S/C24H28N2O4/c1-20-10-15-24(29-15)17(13(20)3-7-23(20)8-5-16(28)30-23)12-9-22(11-25)18(19(12)26)14(27)4-6-21(22,24)2/h12-13,15,17H,3-10,26H2,1-2H3/t12-,13?,15?,17?,20?,21?,22+,23-,24?/m1/s1. The number of ether oxygens (including phenoxy) is 2. The van der Waals surface area contributed by atoms with Crippen molar-refractivity contribution in [2.24, 2.45) is 39.7 Å². The van der Waals surface area contributed by atoms with E-state index in [9.17, 15) is 14.9 Å². The fourth-order valence-electron chi connectivity index (χ4n) is 9.90. The molecule has 6 nitrogen and oxygen atoms in total. The number of fused-ring (bicyclic) bond motifs is 5. The molecule has 9 atom stereocenters. The Hall–Kier alpha value is -1.87. The van der Waals surface area contributed by atoms with E-state index in [1.165, 1.54) is 0 Å². The van der Waals surface area contributed by atoms with Gasteiger partial charge in [0.2, 0.25) is 0 Å². The highest BCUT2D eigenvalue weighted by atomic mass is 16.6. The zero-order valence-corrected chi connectivity index (χ0v) is 17.6. The van der Waals surface area contributed by atoms with Crippen LogP contribution in [-0.4, -0.2) is 29.1 Å². The summed E-state index contributed by atoms with van der Waals surface area (Å²) in [5, 5.41) is 10.4. The predicted molar refractivity (Wildman–Crippen MR) is 104 cm³/mol. The molecule has 30 heavy (non-hydrogen) atoms. The second kappa shape index (κ2) is 4.65. The third-order valence-electron chi connectivity index (χ3n) is 11.3. The SMILES string of the molecule is CC12CC3OC34C(C1CC[C@@]21CCC(=O)O1)[C@H]1C[C@]2(C#N)C(=C1N)C(=O)CCC42C. The van der Waals surface area contributed by atoms with Crippen molar-refractivity contribution in [1.82, 2.24) is 0 Å². The number of carbonyl (C=O) groups is 2. The van der Waals surface area contributed by atoms with Crippen molar-refractivity contribution >= 4 is 11.8 Å². The zero-order chi connectivity index (χ0) is 20.9. The lowest BCUT2D eigenvalue weighted by Gasteiger charge is -2.61. The van der Waals surface area contributed by atoms with Crippen LogP contribution in [0.3, 0.4) is 0 Å². The van der Waals surface area contributed by atoms with E-state index < -0.39 is 10.8 Å². The third kappa shape index (κ3) is 1.41. The number of ketones is 1. The molecule has 0 aromatic heterocycles. The Balaban J connectivity index is 1.44. The number of hydrogen-bond donors (Lipinski definition) is 1. The lowest BCUT2D eigenvalue weighted by Crippen LogP contribution is -2.66. The first-order chi connectivity index (χ1) is 14.2. The Morgan fingerprint density at radius 1 is 1.13 bits per heavy atom. The van der Waals surface area contributed by atoms with Crippen molar-refractivity contribution in [3.05, 3.63) is 11.3 Å². The summed E-state index contributed by atoms with van der Waals surface area (Å²) in [6.45, 7) is 4.51. The number of Topliss-reactive ketones (excluding diaryl/α,β-unsaturated/α-hetero) is 1. The van der Waals surface area contributed by atoms with E-state index in [1.54, 1.807) is 0 Å². The van der Waals surface area contributed by atoms with Gasteiger partial charge >= 0.3 is 5.97 Å². The molecule has 158 valence electrons. The Bertz CT molecular complexity index is 1030. The molecule has 4 saturated carbocycles. The van der Waals surface area contributed by atoms with Crippen LogP contribution in [0.1, 0.15) is 65.2 Å². The van der Waals surface area contributed by atoms with Gasteiger partial charge in [-0.05, 0) is 44.4 Å². The minimum atomic E-state index is -0.813. The van der Waals surface area contributed by atoms with Crippen LogP contribution in [0.15, 0.2) is 11.3 Å². The zero-order valence-electron chi connectivity index (χ0n) is 17.6. The molecule has 5 aliphatic carbocycles. The predicted octanol–water partition coefficient (Wildman–Crippen LogP) is 2.76. The molecule has 2 saturated heterocycles. The van der Waals surface area contributed by atoms with Gasteiger partial charge in [-0.3, -0.25) is 9.59 Å². The van der Waals surface area contributed by atoms with Gasteiger partial charge in [0.25, 0.3) is 0 Å². The van der Waals surface area contributed by atoms with E-state index in [1.807, 2.05) is 0 Å². The molecule has 0 radical (unpaired) electrons. The van der Waals surface area contributed by atoms with Gasteiger partial charge < -0.3 is 15.2 Å². The van der Waals surface area contributed by atoms with Gasteiger partial charge in [-0.15, -0.1) is 0 Å². The van der Waals surface area contributed by atoms with Crippen molar-refractivity contribution in [2.45, 2.75) is 82.5 Å². The van der Waals surface area contributed by atoms with Crippen LogP contribution in [0.25, 0.3) is 0 Å². The molecular formula is C24H28N2O4. The highest BCUT2D eigenvalue weighted by molar-refractivity contribution is 6.00. The van der Waals surface area contributed by atoms with E-state index in [0.717, 1.165) is 25.7 Å². The largest absolute Gasteiger partial charge is 0.458 e. The lowest BCUT2D eigenvalue weighted by molar-refractivity contribution is -0.171. The molecule has 2 spiro atoms. The van der Waals surface area contributed by atoms with Crippen molar-refractivity contribution < 1.29 is 19.1 Å². The van der Waals surface area contributed by atoms with Crippen LogP contribution in [0, 0.1) is 45.3 Å². The quantitative estimate of drug-likeness (QED) is 0.488. The lowest BCUT2D eigenvalue weighted by atomic mass is 9.39. The Kier molecular flexibility index (Phi) is 2.75. The van der Waals surface area contributed by atoms with Gasteiger partial charge in [-0.2, -0.15) is 5.26 Å². The second-order valence-corrected chi connectivity index (χ2v) is 11.6. The number of epoxide rings is 1. The summed E-state index contributed by atoms with van der Waals surface area (Å²) < 4.78 is 12.8. The van der Waals surface area contributed by atoms with E-state index >= 15 is 0 Å². The Morgan fingerprint density at radius 2 is 1.93 bits per heavy atom. The fourth-order valence-corrected chi connectivity index (χ4v) is 9.90. The summed E-state index contributed by atoms with van der Waals surface area (Å²) in [6, 6.07) is 2.61. The van der Waals surface area contributed by atoms with Gasteiger partial charge in [0, 0.05) is 46.8 Å². The number of esters is 1. The van der Waals surface area contributed by atoms with Crippen LogP contribution in [0.4, 0.5) is 0 Å². The molecule has 7 rings (SSSR count). The maximum absolute atomic E-state index is 13.0. The smallest absolute Gasteiger partial charge is 0.306 e. The normalized spacial score (nSPS) is 59.5. The van der Waals surface area contributed by atoms with E-state index in [4.69, 9.17) is 15.2 Å². The van der Waals surface area contributed by atoms with Crippen LogP contribution in [0.5, 0.6) is 0 Å². The first-order valence-corrected chi connectivity index (χ1v) is 11.5. The fraction of sp³-hybridized carbons (Fsp3) is 0.792. The van der Waals surface area contributed by atoms with Gasteiger partial charge in [0.05, 0.1) is 17.6 Å². The monoisotopic (exact) mass is 408 g/mol. The summed E-state index contributed by atoms with van der Waals surface area (Å²) in [5.41, 5.74) is 5.90. The third-order valence-corrected chi connectivity index (χ3v) is 11.3. The van der Waals surface area contributed by atoms with Gasteiger partial charge in [-0.25, -0.2) is 0 Å². The molecule has 2 heterocycles. The van der Waals surface area contributed by atoms with Crippen molar-refractivity contribution in [3.8, 4) is 6.07 Å². The summed E-state index contributed by atoms with van der Waals surface area (Å²) in [5.74, 6) is 0.519. The van der Waals surface area contributed by atoms with Crippen molar-refractivity contribution in [1.29, 1.82) is 5.26 Å². The molecule has 0 aromatic carbocycles. The van der Waals surface area contributed by atoms with E-state index in [-0.39, 0.29) is 46.3 Å². The molecule has 0 amide bonds. The minimum absolute atomic E-state index is 0.0108. The van der Waals surface area contributed by atoms with Gasteiger partial charge in [0.15, 0.2) is 5.78 Å². The number of hydrogen-bond acceptors (Lipinski definition) is 6. The highest BCUT2D eigenvalue weighted by Gasteiger charge is 2.88. The summed E-state index contributed by atoms with van der Waals surface area (Å²) in [6.07, 6.45) is 5.92. The molecule has 6 fully saturated rings. The number of nitriles is 1. The number of allylic oxidation sites excluding steroid dienone is 2. The average Bonchev–Trinajstić information content (AvgIpc) is 3.01. The second-order valence-electron chi connectivity index (χ2n) is 11.6. The number of nitrogens with zero attached hydrogens (tertiary/aromatic N) is 1. The summed E-state index contributed by atoms with van der Waals surface area (Å²) >= 11 is 0. The van der Waals surface area contributed by atoms with Gasteiger partial charge in [0.1, 0.15) is 11.2 Å². The van der Waals surface area contributed by atoms with E-state index in [0.29, 0.717) is 42.9 Å². The molecule has 0 aromatic rings. The first kappa shape index (κ1) is 17.8. The van der Waals surface area contributed by atoms with Gasteiger partial charge in [-0.1, -0.05) is 13.8 Å². The molecule has 2 bridgehead atoms. The van der Waals surface area contributed by atoms with Crippen molar-refractivity contribution in [2.75, 3.05) is 0 Å². The minimum Gasteiger partial charge on any atom is -0.458 e. The Labute approximate surface area is 176 Å². The maximum atomic E-state index is 13.0. The van der Waals surface area contributed by atoms with Crippen LogP contribution >= 0.6 is 0 Å². The molecule has 7 aliphatic rings. The Morgan fingerprint density at radius 3 is 2.63 bits per heavy atom. The summed E-state index contributed by atoms with van der Waals surface area (Å²) in [7, 11) is 0. The first-order valence-electron chi connectivity index (χ1n) is 11.5.